The van der Waals surface area contributed by atoms with Crippen LogP contribution in [0.5, 0.6) is 0 Å². The molecule has 1 N–H and O–H groups in total. The lowest BCUT2D eigenvalue weighted by Gasteiger charge is -2.07. The first kappa shape index (κ1) is 15.5. The van der Waals surface area contributed by atoms with Crippen LogP contribution in [0.25, 0.3) is 11.1 Å². The topological polar surface area (TPSA) is 59.3 Å². The molecule has 0 aliphatic carbocycles. The van der Waals surface area contributed by atoms with Gasteiger partial charge in [-0.15, -0.1) is 0 Å². The van der Waals surface area contributed by atoms with E-state index < -0.39 is 10.0 Å². The summed E-state index contributed by atoms with van der Waals surface area (Å²) in [6, 6.07) is 20.2. The molecule has 4 nitrogen and oxygen atoms in total. The smallest absolute Gasteiger partial charge is 0.240 e. The summed E-state index contributed by atoms with van der Waals surface area (Å²) in [4.78, 5) is 0.237. The minimum Gasteiger partial charge on any atom is -0.465 e. The molecule has 2 aromatic carbocycles. The summed E-state index contributed by atoms with van der Waals surface area (Å²) in [5.41, 5.74) is 2.03. The maximum Gasteiger partial charge on any atom is 0.240 e. The molecule has 0 saturated heterocycles. The van der Waals surface area contributed by atoms with E-state index in [1.54, 1.807) is 36.4 Å². The molecular formula is C18H17NO3S. The van der Waals surface area contributed by atoms with E-state index in [4.69, 9.17) is 4.42 Å². The third kappa shape index (κ3) is 3.70. The molecule has 1 heterocycles. The summed E-state index contributed by atoms with van der Waals surface area (Å²) in [7, 11) is -3.56. The van der Waals surface area contributed by atoms with Gasteiger partial charge in [0.1, 0.15) is 11.5 Å². The quantitative estimate of drug-likeness (QED) is 0.777. The van der Waals surface area contributed by atoms with Gasteiger partial charge < -0.3 is 4.42 Å². The zero-order valence-corrected chi connectivity index (χ0v) is 13.5. The molecular weight excluding hydrogens is 310 g/mol. The zero-order chi connectivity index (χ0) is 16.3. The van der Waals surface area contributed by atoms with E-state index in [9.17, 15) is 8.42 Å². The summed E-state index contributed by atoms with van der Waals surface area (Å²) in [5.74, 6) is 1.35. The summed E-state index contributed by atoms with van der Waals surface area (Å²) in [5, 5.41) is 0. The van der Waals surface area contributed by atoms with Crippen molar-refractivity contribution in [1.29, 1.82) is 0 Å². The van der Waals surface area contributed by atoms with Crippen molar-refractivity contribution in [2.24, 2.45) is 0 Å². The molecule has 0 unspecified atom stereocenters. The number of benzene rings is 2. The van der Waals surface area contributed by atoms with E-state index in [2.05, 4.69) is 4.72 Å². The van der Waals surface area contributed by atoms with Gasteiger partial charge >= 0.3 is 0 Å². The summed E-state index contributed by atoms with van der Waals surface area (Å²) in [6.45, 7) is 1.96. The molecule has 1 aromatic heterocycles. The largest absolute Gasteiger partial charge is 0.465 e. The molecule has 0 fully saturated rings. The van der Waals surface area contributed by atoms with E-state index in [0.29, 0.717) is 5.76 Å². The normalized spacial score (nSPS) is 11.5. The lowest BCUT2D eigenvalue weighted by Crippen LogP contribution is -2.22. The first-order chi connectivity index (χ1) is 11.0. The molecule has 0 radical (unpaired) electrons. The van der Waals surface area contributed by atoms with Crippen LogP contribution in [0.15, 0.2) is 76.0 Å². The third-order valence-electron chi connectivity index (χ3n) is 3.50. The first-order valence-corrected chi connectivity index (χ1v) is 8.73. The maximum absolute atomic E-state index is 12.3. The Hall–Kier alpha value is -2.37. The Kier molecular flexibility index (Phi) is 4.32. The number of rotatable bonds is 5. The number of hydrogen-bond acceptors (Lipinski definition) is 3. The third-order valence-corrected chi connectivity index (χ3v) is 4.92. The van der Waals surface area contributed by atoms with E-state index in [0.717, 1.165) is 16.9 Å². The fourth-order valence-electron chi connectivity index (χ4n) is 2.29. The molecule has 3 aromatic rings. The highest BCUT2D eigenvalue weighted by Crippen LogP contribution is 2.21. The molecule has 0 aliphatic rings. The average molecular weight is 327 g/mol. The van der Waals surface area contributed by atoms with Gasteiger partial charge in [0, 0.05) is 0 Å². The van der Waals surface area contributed by atoms with Crippen molar-refractivity contribution >= 4 is 10.0 Å². The first-order valence-electron chi connectivity index (χ1n) is 7.25. The van der Waals surface area contributed by atoms with Gasteiger partial charge in [-0.25, -0.2) is 13.1 Å². The van der Waals surface area contributed by atoms with Gasteiger partial charge in [0.05, 0.1) is 11.4 Å². The second-order valence-electron chi connectivity index (χ2n) is 5.23. The Balaban J connectivity index is 1.75. The van der Waals surface area contributed by atoms with Crippen LogP contribution in [-0.2, 0) is 16.6 Å². The molecule has 0 bridgehead atoms. The standard InChI is InChI=1S/C18H17NO3S/c1-14-7-10-17(22-14)13-19-23(20,21)18-11-8-16(9-12-18)15-5-3-2-4-6-15/h2-12,19H,13H2,1H3. The lowest BCUT2D eigenvalue weighted by molar-refractivity contribution is 0.475. The molecule has 23 heavy (non-hydrogen) atoms. The van der Waals surface area contributed by atoms with Crippen LogP contribution in [0.4, 0.5) is 0 Å². The highest BCUT2D eigenvalue weighted by atomic mass is 32.2. The van der Waals surface area contributed by atoms with Crippen molar-refractivity contribution in [1.82, 2.24) is 4.72 Å². The minimum atomic E-state index is -3.56. The molecule has 0 saturated carbocycles. The lowest BCUT2D eigenvalue weighted by atomic mass is 10.1. The summed E-state index contributed by atoms with van der Waals surface area (Å²) < 4.78 is 32.5. The van der Waals surface area contributed by atoms with Crippen molar-refractivity contribution in [2.45, 2.75) is 18.4 Å². The van der Waals surface area contributed by atoms with Crippen molar-refractivity contribution in [3.05, 3.63) is 78.3 Å². The van der Waals surface area contributed by atoms with Gasteiger partial charge in [0.25, 0.3) is 0 Å². The monoisotopic (exact) mass is 327 g/mol. The Morgan fingerprint density at radius 2 is 1.52 bits per heavy atom. The van der Waals surface area contributed by atoms with Crippen molar-refractivity contribution in [3.8, 4) is 11.1 Å². The van der Waals surface area contributed by atoms with Crippen molar-refractivity contribution in [2.75, 3.05) is 0 Å². The van der Waals surface area contributed by atoms with Crippen molar-refractivity contribution < 1.29 is 12.8 Å². The van der Waals surface area contributed by atoms with Gasteiger partial charge in [-0.05, 0) is 42.3 Å². The van der Waals surface area contributed by atoms with Crippen molar-refractivity contribution in [3.63, 3.8) is 0 Å². The minimum absolute atomic E-state index is 0.136. The SMILES string of the molecule is Cc1ccc(CNS(=O)(=O)c2ccc(-c3ccccc3)cc2)o1. The number of furan rings is 1. The number of sulfonamides is 1. The Bertz CT molecular complexity index is 882. The molecule has 5 heteroatoms. The van der Waals surface area contributed by atoms with Crippen LogP contribution in [-0.4, -0.2) is 8.42 Å². The highest BCUT2D eigenvalue weighted by Gasteiger charge is 2.14. The van der Waals surface area contributed by atoms with E-state index in [-0.39, 0.29) is 11.4 Å². The number of nitrogens with one attached hydrogen (secondary N) is 1. The summed E-state index contributed by atoms with van der Waals surface area (Å²) >= 11 is 0. The summed E-state index contributed by atoms with van der Waals surface area (Å²) in [6.07, 6.45) is 0. The van der Waals surface area contributed by atoms with Gasteiger partial charge in [-0.3, -0.25) is 0 Å². The zero-order valence-electron chi connectivity index (χ0n) is 12.7. The van der Waals surface area contributed by atoms with E-state index in [1.165, 1.54) is 0 Å². The molecule has 118 valence electrons. The van der Waals surface area contributed by atoms with Crippen LogP contribution in [0.2, 0.25) is 0 Å². The fourth-order valence-corrected chi connectivity index (χ4v) is 3.28. The fraction of sp³-hybridized carbons (Fsp3) is 0.111. The second-order valence-corrected chi connectivity index (χ2v) is 6.99. The molecule has 0 atom stereocenters. The van der Waals surface area contributed by atoms with Crippen LogP contribution < -0.4 is 4.72 Å². The van der Waals surface area contributed by atoms with Crippen LogP contribution in [0.1, 0.15) is 11.5 Å². The van der Waals surface area contributed by atoms with Gasteiger partial charge in [-0.2, -0.15) is 0 Å². The van der Waals surface area contributed by atoms with E-state index in [1.807, 2.05) is 37.3 Å². The highest BCUT2D eigenvalue weighted by molar-refractivity contribution is 7.89. The number of hydrogen-bond donors (Lipinski definition) is 1. The van der Waals surface area contributed by atoms with Gasteiger partial charge in [-0.1, -0.05) is 42.5 Å². The van der Waals surface area contributed by atoms with Crippen LogP contribution in [0.3, 0.4) is 0 Å². The Labute approximate surface area is 135 Å². The Morgan fingerprint density at radius 3 is 2.13 bits per heavy atom. The van der Waals surface area contributed by atoms with E-state index >= 15 is 0 Å². The molecule has 0 aliphatic heterocycles. The Morgan fingerprint density at radius 1 is 0.870 bits per heavy atom. The van der Waals surface area contributed by atoms with Gasteiger partial charge in [0.15, 0.2) is 0 Å². The van der Waals surface area contributed by atoms with Crippen LogP contribution in [0, 0.1) is 6.92 Å². The van der Waals surface area contributed by atoms with Crippen LogP contribution >= 0.6 is 0 Å². The van der Waals surface area contributed by atoms with Gasteiger partial charge in [0.2, 0.25) is 10.0 Å². The molecule has 0 amide bonds. The predicted molar refractivity (Wildman–Crippen MR) is 89.3 cm³/mol. The average Bonchev–Trinajstić information content (AvgIpc) is 3.00. The maximum atomic E-state index is 12.3. The molecule has 0 spiro atoms. The second kappa shape index (κ2) is 6.40. The number of aryl methyl sites for hydroxylation is 1. The molecule has 3 rings (SSSR count). The predicted octanol–water partition coefficient (Wildman–Crippen LogP) is 3.73.